The average molecular weight is 300 g/mol. The Hall–Kier alpha value is -3.16. The first kappa shape index (κ1) is 15.2. The molecule has 0 spiro atoms. The Morgan fingerprint density at radius 1 is 0.773 bits per heavy atom. The Balaban J connectivity index is 2.25. The summed E-state index contributed by atoms with van der Waals surface area (Å²) in [5.41, 5.74) is 1.03. The van der Waals surface area contributed by atoms with Crippen molar-refractivity contribution in [2.75, 3.05) is 14.2 Å². The van der Waals surface area contributed by atoms with E-state index in [0.717, 1.165) is 10.8 Å². The fourth-order valence-corrected chi connectivity index (χ4v) is 1.62. The summed E-state index contributed by atoms with van der Waals surface area (Å²) in [6.45, 7) is 0. The SMILES string of the molecule is COC(=O)N=Nc1ccc2cc(N=NC(=O)OC)ccc2c1. The number of methoxy groups -OCH3 is 2. The Labute approximate surface area is 125 Å². The second-order valence-electron chi connectivity index (χ2n) is 4.06. The van der Waals surface area contributed by atoms with Crippen LogP contribution in [0.4, 0.5) is 21.0 Å². The van der Waals surface area contributed by atoms with Crippen LogP contribution in [-0.2, 0) is 9.47 Å². The number of fused-ring (bicyclic) bond motifs is 1. The van der Waals surface area contributed by atoms with Gasteiger partial charge in [0, 0.05) is 0 Å². The quantitative estimate of drug-likeness (QED) is 0.759. The van der Waals surface area contributed by atoms with Gasteiger partial charge in [0.2, 0.25) is 0 Å². The number of rotatable bonds is 2. The molecule has 0 atom stereocenters. The Morgan fingerprint density at radius 2 is 1.18 bits per heavy atom. The number of carbonyl (C=O) groups excluding carboxylic acids is 2. The lowest BCUT2D eigenvalue weighted by molar-refractivity contribution is 0.180. The van der Waals surface area contributed by atoms with Gasteiger partial charge in [0.1, 0.15) is 0 Å². The van der Waals surface area contributed by atoms with Gasteiger partial charge in [-0.25, -0.2) is 9.59 Å². The second kappa shape index (κ2) is 7.02. The molecule has 2 aromatic rings. The Morgan fingerprint density at radius 3 is 1.55 bits per heavy atom. The third-order valence-corrected chi connectivity index (χ3v) is 2.65. The third-order valence-electron chi connectivity index (χ3n) is 2.65. The zero-order valence-electron chi connectivity index (χ0n) is 11.9. The number of benzene rings is 2. The van der Waals surface area contributed by atoms with Crippen LogP contribution in [0.3, 0.4) is 0 Å². The summed E-state index contributed by atoms with van der Waals surface area (Å²) in [6, 6.07) is 10.5. The van der Waals surface area contributed by atoms with Crippen molar-refractivity contribution in [1.29, 1.82) is 0 Å². The highest BCUT2D eigenvalue weighted by Crippen LogP contribution is 2.25. The highest BCUT2D eigenvalue weighted by molar-refractivity contribution is 5.87. The van der Waals surface area contributed by atoms with Gasteiger partial charge in [0.25, 0.3) is 0 Å². The lowest BCUT2D eigenvalue weighted by Crippen LogP contribution is -1.89. The molecule has 112 valence electrons. The van der Waals surface area contributed by atoms with Crippen molar-refractivity contribution in [3.8, 4) is 0 Å². The number of hydrogen-bond acceptors (Lipinski definition) is 6. The lowest BCUT2D eigenvalue weighted by Gasteiger charge is -2.00. The highest BCUT2D eigenvalue weighted by Gasteiger charge is 2.00. The van der Waals surface area contributed by atoms with E-state index in [1.165, 1.54) is 14.2 Å². The maximum Gasteiger partial charge on any atom is 0.452 e. The van der Waals surface area contributed by atoms with Gasteiger partial charge < -0.3 is 9.47 Å². The number of nitrogens with zero attached hydrogens (tertiary/aromatic N) is 4. The van der Waals surface area contributed by atoms with Crippen LogP contribution in [0.15, 0.2) is 56.9 Å². The molecule has 2 amide bonds. The fourth-order valence-electron chi connectivity index (χ4n) is 1.62. The number of amides is 2. The molecule has 2 aromatic carbocycles. The van der Waals surface area contributed by atoms with Gasteiger partial charge >= 0.3 is 12.2 Å². The molecule has 0 heterocycles. The molecule has 0 aliphatic heterocycles. The number of ether oxygens (including phenoxy) is 2. The molecule has 2 rings (SSSR count). The zero-order chi connectivity index (χ0) is 15.9. The third kappa shape index (κ3) is 3.92. The number of azo groups is 2. The van der Waals surface area contributed by atoms with Crippen molar-refractivity contribution in [2.45, 2.75) is 0 Å². The van der Waals surface area contributed by atoms with Gasteiger partial charge in [-0.3, -0.25) is 0 Å². The molecule has 22 heavy (non-hydrogen) atoms. The second-order valence-corrected chi connectivity index (χ2v) is 4.06. The molecule has 0 fully saturated rings. The Bertz CT molecular complexity index is 705. The summed E-state index contributed by atoms with van der Waals surface area (Å²) < 4.78 is 8.74. The molecular formula is C14H12N4O4. The summed E-state index contributed by atoms with van der Waals surface area (Å²) in [6.07, 6.45) is -1.53. The van der Waals surface area contributed by atoms with Gasteiger partial charge in [0.05, 0.1) is 25.6 Å². The van der Waals surface area contributed by atoms with Crippen LogP contribution in [0.25, 0.3) is 10.8 Å². The minimum atomic E-state index is -0.765. The summed E-state index contributed by atoms with van der Waals surface area (Å²) in [4.78, 5) is 21.8. The van der Waals surface area contributed by atoms with Gasteiger partial charge in [0.15, 0.2) is 0 Å². The first-order valence-electron chi connectivity index (χ1n) is 6.15. The predicted octanol–water partition coefficient (Wildman–Crippen LogP) is 4.54. The van der Waals surface area contributed by atoms with Crippen molar-refractivity contribution in [3.63, 3.8) is 0 Å². The number of hydrogen-bond donors (Lipinski definition) is 0. The summed E-state index contributed by atoms with van der Waals surface area (Å²) >= 11 is 0. The fraction of sp³-hybridized carbons (Fsp3) is 0.143. The van der Waals surface area contributed by atoms with Crippen LogP contribution in [-0.4, -0.2) is 26.4 Å². The molecule has 0 bridgehead atoms. The van der Waals surface area contributed by atoms with E-state index >= 15 is 0 Å². The van der Waals surface area contributed by atoms with Crippen LogP contribution in [0.5, 0.6) is 0 Å². The van der Waals surface area contributed by atoms with Gasteiger partial charge in [-0.2, -0.15) is 0 Å². The molecule has 0 aromatic heterocycles. The molecular weight excluding hydrogens is 288 g/mol. The zero-order valence-corrected chi connectivity index (χ0v) is 11.9. The van der Waals surface area contributed by atoms with E-state index in [9.17, 15) is 9.59 Å². The van der Waals surface area contributed by atoms with E-state index in [2.05, 4.69) is 29.9 Å². The van der Waals surface area contributed by atoms with Crippen molar-refractivity contribution >= 4 is 34.3 Å². The van der Waals surface area contributed by atoms with Crippen LogP contribution in [0.1, 0.15) is 0 Å². The van der Waals surface area contributed by atoms with Gasteiger partial charge in [-0.1, -0.05) is 22.4 Å². The smallest absolute Gasteiger partial charge is 0.450 e. The predicted molar refractivity (Wildman–Crippen MR) is 77.8 cm³/mol. The first-order valence-corrected chi connectivity index (χ1v) is 6.15. The van der Waals surface area contributed by atoms with Gasteiger partial charge in [-0.15, -0.1) is 10.2 Å². The van der Waals surface area contributed by atoms with Crippen molar-refractivity contribution < 1.29 is 19.1 Å². The Kier molecular flexibility index (Phi) is 4.86. The molecule has 0 saturated heterocycles. The van der Waals surface area contributed by atoms with E-state index in [-0.39, 0.29) is 0 Å². The molecule has 0 N–H and O–H groups in total. The van der Waals surface area contributed by atoms with E-state index in [1.54, 1.807) is 36.4 Å². The minimum Gasteiger partial charge on any atom is -0.450 e. The molecule has 8 nitrogen and oxygen atoms in total. The maximum absolute atomic E-state index is 10.9. The lowest BCUT2D eigenvalue weighted by atomic mass is 10.1. The largest absolute Gasteiger partial charge is 0.452 e. The molecule has 8 heteroatoms. The summed E-state index contributed by atoms with van der Waals surface area (Å²) in [7, 11) is 2.46. The van der Waals surface area contributed by atoms with Crippen LogP contribution < -0.4 is 0 Å². The van der Waals surface area contributed by atoms with Crippen LogP contribution in [0, 0.1) is 0 Å². The normalized spacial score (nSPS) is 11.2. The van der Waals surface area contributed by atoms with E-state index in [1.807, 2.05) is 0 Å². The van der Waals surface area contributed by atoms with Crippen LogP contribution >= 0.6 is 0 Å². The standard InChI is InChI=1S/C14H12N4O4/c1-21-13(19)17-15-11-5-3-10-8-12(6-4-9(10)7-11)16-18-14(20)22-2/h3-8H,1-2H3. The first-order chi connectivity index (χ1) is 10.6. The molecule has 0 saturated carbocycles. The van der Waals surface area contributed by atoms with E-state index in [4.69, 9.17) is 0 Å². The molecule has 0 aliphatic carbocycles. The van der Waals surface area contributed by atoms with E-state index < -0.39 is 12.2 Å². The molecule has 0 aliphatic rings. The molecule has 0 radical (unpaired) electrons. The van der Waals surface area contributed by atoms with E-state index in [0.29, 0.717) is 11.4 Å². The maximum atomic E-state index is 10.9. The topological polar surface area (TPSA) is 102 Å². The summed E-state index contributed by atoms with van der Waals surface area (Å²) in [5, 5.41) is 16.0. The van der Waals surface area contributed by atoms with Crippen LogP contribution in [0.2, 0.25) is 0 Å². The van der Waals surface area contributed by atoms with Gasteiger partial charge in [-0.05, 0) is 35.0 Å². The number of carbonyl (C=O) groups is 2. The molecule has 0 unspecified atom stereocenters. The summed E-state index contributed by atoms with van der Waals surface area (Å²) in [5.74, 6) is 0. The van der Waals surface area contributed by atoms with Crippen molar-refractivity contribution in [1.82, 2.24) is 0 Å². The highest BCUT2D eigenvalue weighted by atomic mass is 16.5. The minimum absolute atomic E-state index is 0.516. The van der Waals surface area contributed by atoms with Crippen molar-refractivity contribution in [2.24, 2.45) is 20.5 Å². The average Bonchev–Trinajstić information content (AvgIpc) is 2.57. The monoisotopic (exact) mass is 300 g/mol. The van der Waals surface area contributed by atoms with Crippen molar-refractivity contribution in [3.05, 3.63) is 36.4 Å².